The van der Waals surface area contributed by atoms with E-state index in [1.807, 2.05) is 63.2 Å². The van der Waals surface area contributed by atoms with E-state index in [0.29, 0.717) is 47.0 Å². The third-order valence-electron chi connectivity index (χ3n) is 7.51. The summed E-state index contributed by atoms with van der Waals surface area (Å²) in [6.07, 6.45) is 1.62. The summed E-state index contributed by atoms with van der Waals surface area (Å²) >= 11 is 2.18. The van der Waals surface area contributed by atoms with Crippen LogP contribution in [0.5, 0.6) is 17.2 Å². The van der Waals surface area contributed by atoms with Crippen molar-refractivity contribution in [3.8, 4) is 28.6 Å². The molecule has 0 unspecified atom stereocenters. The van der Waals surface area contributed by atoms with Crippen LogP contribution in [-0.4, -0.2) is 40.2 Å². The molecule has 0 spiro atoms. The highest BCUT2D eigenvalue weighted by molar-refractivity contribution is 14.1. The minimum Gasteiger partial charge on any atom is -0.494 e. The van der Waals surface area contributed by atoms with E-state index < -0.39 is 5.97 Å². The van der Waals surface area contributed by atoms with Gasteiger partial charge in [0.25, 0.3) is 5.56 Å². The number of ether oxygens (including phenoxy) is 3. The van der Waals surface area contributed by atoms with E-state index in [2.05, 4.69) is 36.4 Å². The molecule has 0 aliphatic carbocycles. The molecule has 0 saturated heterocycles. The van der Waals surface area contributed by atoms with Crippen molar-refractivity contribution in [3.05, 3.63) is 115 Å². The first-order valence-corrected chi connectivity index (χ1v) is 16.4. The van der Waals surface area contributed by atoms with Crippen LogP contribution in [0.1, 0.15) is 66.2 Å². The Hall–Kier alpha value is -4.71. The number of carboxylic acid groups (broad SMARTS) is 1. The summed E-state index contributed by atoms with van der Waals surface area (Å²) in [7, 11) is 0. The smallest absolute Gasteiger partial charge is 0.335 e. The molecule has 0 radical (unpaired) electrons. The molecule has 9 nitrogen and oxygen atoms in total. The number of aromatic carboxylic acids is 1. The normalized spacial score (nSPS) is 11.4. The first kappa shape index (κ1) is 33.6. The summed E-state index contributed by atoms with van der Waals surface area (Å²) in [4.78, 5) is 30.0. The molecule has 0 bridgehead atoms. The van der Waals surface area contributed by atoms with Crippen LogP contribution in [0.4, 0.5) is 0 Å². The Bertz CT molecular complexity index is 2020. The molecular weight excluding hydrogens is 709 g/mol. The molecular formula is C37H36IN3O6. The zero-order valence-electron chi connectivity index (χ0n) is 26.9. The summed E-state index contributed by atoms with van der Waals surface area (Å²) in [5, 5.41) is 14.3. The Labute approximate surface area is 287 Å². The lowest BCUT2D eigenvalue weighted by atomic mass is 9.96. The van der Waals surface area contributed by atoms with E-state index in [0.717, 1.165) is 31.6 Å². The van der Waals surface area contributed by atoms with Crippen LogP contribution >= 0.6 is 22.6 Å². The Kier molecular flexibility index (Phi) is 10.6. The number of aryl methyl sites for hydroxylation is 1. The first-order chi connectivity index (χ1) is 22.6. The lowest BCUT2D eigenvalue weighted by molar-refractivity contribution is 0.0697. The van der Waals surface area contributed by atoms with Gasteiger partial charge in [-0.15, -0.1) is 0 Å². The van der Waals surface area contributed by atoms with Crippen LogP contribution in [0.2, 0.25) is 0 Å². The van der Waals surface area contributed by atoms with E-state index >= 15 is 0 Å². The molecule has 1 heterocycles. The van der Waals surface area contributed by atoms with Crippen LogP contribution < -0.4 is 19.8 Å². The van der Waals surface area contributed by atoms with Crippen molar-refractivity contribution in [3.63, 3.8) is 0 Å². The number of nitrogens with zero attached hydrogens (tertiary/aromatic N) is 3. The Morgan fingerprint density at radius 3 is 2.36 bits per heavy atom. The zero-order chi connectivity index (χ0) is 33.7. The van der Waals surface area contributed by atoms with Crippen molar-refractivity contribution in [2.75, 3.05) is 13.2 Å². The predicted molar refractivity (Wildman–Crippen MR) is 192 cm³/mol. The molecule has 5 rings (SSSR count). The monoisotopic (exact) mass is 745 g/mol. The largest absolute Gasteiger partial charge is 0.494 e. The number of fused-ring (bicyclic) bond motifs is 1. The van der Waals surface area contributed by atoms with E-state index in [1.54, 1.807) is 36.5 Å². The molecule has 5 aromatic rings. The van der Waals surface area contributed by atoms with Crippen molar-refractivity contribution in [1.82, 2.24) is 9.66 Å². The summed E-state index contributed by atoms with van der Waals surface area (Å²) in [6.45, 7) is 11.2. The summed E-state index contributed by atoms with van der Waals surface area (Å²) in [5.74, 6) is 1.54. The number of carboxylic acids is 1. The maximum atomic E-state index is 13.9. The van der Waals surface area contributed by atoms with Crippen LogP contribution in [0.25, 0.3) is 22.3 Å². The molecule has 10 heteroatoms. The lowest BCUT2D eigenvalue weighted by Gasteiger charge is -2.18. The highest BCUT2D eigenvalue weighted by Crippen LogP contribution is 2.36. The van der Waals surface area contributed by atoms with Crippen molar-refractivity contribution in [1.29, 1.82) is 0 Å². The summed E-state index contributed by atoms with van der Waals surface area (Å²) in [6, 6.07) is 21.6. The van der Waals surface area contributed by atoms with Gasteiger partial charge in [0.05, 0.1) is 39.5 Å². The van der Waals surface area contributed by atoms with Crippen LogP contribution in [-0.2, 0) is 6.61 Å². The van der Waals surface area contributed by atoms with Gasteiger partial charge in [-0.3, -0.25) is 4.79 Å². The average molecular weight is 746 g/mol. The second-order valence-corrected chi connectivity index (χ2v) is 12.3. The van der Waals surface area contributed by atoms with E-state index in [1.165, 1.54) is 4.68 Å². The molecule has 0 atom stereocenters. The first-order valence-electron chi connectivity index (χ1n) is 15.4. The third-order valence-corrected chi connectivity index (χ3v) is 8.31. The van der Waals surface area contributed by atoms with Gasteiger partial charge in [0.15, 0.2) is 17.3 Å². The van der Waals surface area contributed by atoms with Gasteiger partial charge in [-0.25, -0.2) is 9.78 Å². The number of hydrogen-bond donors (Lipinski definition) is 1. The van der Waals surface area contributed by atoms with Gasteiger partial charge < -0.3 is 19.3 Å². The molecule has 4 aromatic carbocycles. The van der Waals surface area contributed by atoms with Gasteiger partial charge in [0.2, 0.25) is 0 Å². The van der Waals surface area contributed by atoms with Crippen LogP contribution in [0, 0.1) is 10.5 Å². The van der Waals surface area contributed by atoms with Gasteiger partial charge >= 0.3 is 5.97 Å². The van der Waals surface area contributed by atoms with Gasteiger partial charge in [-0.1, -0.05) is 38.1 Å². The van der Waals surface area contributed by atoms with Gasteiger partial charge in [-0.05, 0) is 120 Å². The van der Waals surface area contributed by atoms with E-state index in [9.17, 15) is 14.7 Å². The minimum atomic E-state index is -0.980. The number of para-hydroxylation sites is 1. The molecule has 47 heavy (non-hydrogen) atoms. The molecule has 1 N–H and O–H groups in total. The summed E-state index contributed by atoms with van der Waals surface area (Å²) in [5.41, 5.74) is 4.77. The lowest BCUT2D eigenvalue weighted by Crippen LogP contribution is -2.21. The standard InChI is InChI=1S/C37H36IN3O6/c1-6-45-32-16-23(5)29(19-28(32)22(3)4)35-40-31-11-9-8-10-27(31)36(42)41(35)39-20-25-17-30(38)34(33(18-25)46-7-2)47-21-24-12-14-26(15-13-24)37(43)44/h8-20,22H,6-7,21H2,1-5H3,(H,43,44). The topological polar surface area (TPSA) is 112 Å². The molecule has 0 fully saturated rings. The van der Waals surface area contributed by atoms with Crippen molar-refractivity contribution in [2.24, 2.45) is 5.10 Å². The van der Waals surface area contributed by atoms with E-state index in [4.69, 9.17) is 24.3 Å². The molecule has 0 aliphatic rings. The Morgan fingerprint density at radius 1 is 0.979 bits per heavy atom. The quantitative estimate of drug-likeness (QED) is 0.102. The minimum absolute atomic E-state index is 0.184. The number of hydrogen-bond acceptors (Lipinski definition) is 7. The fraction of sp³-hybridized carbons (Fsp3) is 0.243. The van der Waals surface area contributed by atoms with Crippen molar-refractivity contribution >= 4 is 45.7 Å². The number of carbonyl (C=O) groups is 1. The fourth-order valence-corrected chi connectivity index (χ4v) is 5.95. The van der Waals surface area contributed by atoms with Gasteiger partial charge in [0, 0.05) is 5.56 Å². The Morgan fingerprint density at radius 2 is 1.68 bits per heavy atom. The highest BCUT2D eigenvalue weighted by Gasteiger charge is 2.19. The maximum Gasteiger partial charge on any atom is 0.335 e. The SMILES string of the molecule is CCOc1cc(C)c(-c2nc3ccccc3c(=O)n2N=Cc2cc(I)c(OCc3ccc(C(=O)O)cc3)c(OCC)c2)cc1C(C)C. The van der Waals surface area contributed by atoms with E-state index in [-0.39, 0.29) is 23.6 Å². The van der Waals surface area contributed by atoms with Crippen molar-refractivity contribution < 1.29 is 24.1 Å². The molecule has 1 aromatic heterocycles. The zero-order valence-corrected chi connectivity index (χ0v) is 29.1. The molecule has 0 aliphatic heterocycles. The second kappa shape index (κ2) is 14.8. The molecule has 0 amide bonds. The molecule has 0 saturated carbocycles. The number of halogens is 1. The number of benzene rings is 4. The second-order valence-electron chi connectivity index (χ2n) is 11.2. The maximum absolute atomic E-state index is 13.9. The third kappa shape index (κ3) is 7.48. The van der Waals surface area contributed by atoms with Crippen LogP contribution in [0.3, 0.4) is 0 Å². The number of rotatable bonds is 12. The van der Waals surface area contributed by atoms with Crippen LogP contribution in [0.15, 0.2) is 82.7 Å². The predicted octanol–water partition coefficient (Wildman–Crippen LogP) is 8.06. The average Bonchev–Trinajstić information content (AvgIpc) is 3.04. The van der Waals surface area contributed by atoms with Gasteiger partial charge in [0.1, 0.15) is 12.4 Å². The summed E-state index contributed by atoms with van der Waals surface area (Å²) < 4.78 is 20.2. The molecule has 242 valence electrons. The Balaban J connectivity index is 1.56. The fourth-order valence-electron chi connectivity index (χ4n) is 5.16. The highest BCUT2D eigenvalue weighted by atomic mass is 127. The van der Waals surface area contributed by atoms with Crippen molar-refractivity contribution in [2.45, 2.75) is 47.1 Å². The van der Waals surface area contributed by atoms with Gasteiger partial charge in [-0.2, -0.15) is 9.78 Å². The number of aromatic nitrogens is 2.